The molecule has 0 saturated carbocycles. The summed E-state index contributed by atoms with van der Waals surface area (Å²) in [6.45, 7) is 3.47. The highest BCUT2D eigenvalue weighted by molar-refractivity contribution is 9.10. The van der Waals surface area contributed by atoms with Gasteiger partial charge in [-0.05, 0) is 42.3 Å². The van der Waals surface area contributed by atoms with Gasteiger partial charge in [0.1, 0.15) is 0 Å². The van der Waals surface area contributed by atoms with E-state index in [2.05, 4.69) is 72.1 Å². The summed E-state index contributed by atoms with van der Waals surface area (Å²) in [5.74, 6) is 0. The number of benzene rings is 2. The van der Waals surface area contributed by atoms with Crippen LogP contribution in [0.4, 0.5) is 0 Å². The summed E-state index contributed by atoms with van der Waals surface area (Å²) in [5.41, 5.74) is 2.51. The summed E-state index contributed by atoms with van der Waals surface area (Å²) in [7, 11) is 0. The van der Waals surface area contributed by atoms with Crippen molar-refractivity contribution < 1.29 is 4.74 Å². The van der Waals surface area contributed by atoms with Gasteiger partial charge in [-0.3, -0.25) is 0 Å². The Morgan fingerprint density at radius 1 is 0.900 bits per heavy atom. The first-order valence-electron chi connectivity index (χ1n) is 6.28. The first-order chi connectivity index (χ1) is 9.65. The van der Waals surface area contributed by atoms with Gasteiger partial charge in [0, 0.05) is 20.9 Å². The molecule has 0 saturated heterocycles. The van der Waals surface area contributed by atoms with E-state index in [1.165, 1.54) is 11.1 Å². The average Bonchev–Trinajstić information content (AvgIpc) is 2.46. The lowest BCUT2D eigenvalue weighted by atomic mass is 10.2. The van der Waals surface area contributed by atoms with Crippen LogP contribution < -0.4 is 0 Å². The predicted molar refractivity (Wildman–Crippen MR) is 96.2 cm³/mol. The van der Waals surface area contributed by atoms with E-state index in [-0.39, 0.29) is 0 Å². The van der Waals surface area contributed by atoms with Crippen LogP contribution in [-0.2, 0) is 16.7 Å². The van der Waals surface area contributed by atoms with E-state index in [4.69, 9.17) is 4.74 Å². The van der Waals surface area contributed by atoms with Gasteiger partial charge >= 0.3 is 0 Å². The zero-order valence-electron chi connectivity index (χ0n) is 11.3. The van der Waals surface area contributed by atoms with E-state index < -0.39 is 0 Å². The molecule has 4 heteroatoms. The van der Waals surface area contributed by atoms with Gasteiger partial charge in [0.05, 0.1) is 6.61 Å². The van der Waals surface area contributed by atoms with Crippen molar-refractivity contribution in [3.05, 3.63) is 68.6 Å². The molecule has 0 aliphatic rings. The van der Waals surface area contributed by atoms with Crippen molar-refractivity contribution in [2.75, 3.05) is 6.61 Å². The highest BCUT2D eigenvalue weighted by atomic mass is 79.9. The first-order valence-corrected chi connectivity index (χ1v) is 8.99. The molecule has 0 bridgehead atoms. The summed E-state index contributed by atoms with van der Waals surface area (Å²) in [6.07, 6.45) is 0. The van der Waals surface area contributed by atoms with Crippen molar-refractivity contribution in [3.8, 4) is 0 Å². The van der Waals surface area contributed by atoms with Crippen LogP contribution in [0.25, 0.3) is 0 Å². The smallest absolute Gasteiger partial charge is 0.0717 e. The highest BCUT2D eigenvalue weighted by Gasteiger charge is 1.91. The Bertz CT molecular complexity index is 515. The van der Waals surface area contributed by atoms with E-state index >= 15 is 0 Å². The number of alkyl halides is 1. The van der Waals surface area contributed by atoms with Crippen molar-refractivity contribution in [2.45, 2.75) is 18.9 Å². The SMILES string of the molecule is BrCc1cccc(Br)c1.CCOCc1cccc(Br)c1. The fraction of sp³-hybridized carbons (Fsp3) is 0.250. The number of hydrogen-bond donors (Lipinski definition) is 0. The second-order valence-corrected chi connectivity index (χ2v) is 6.42. The Kier molecular flexibility index (Phi) is 9.44. The maximum Gasteiger partial charge on any atom is 0.0717 e. The third-order valence-electron chi connectivity index (χ3n) is 2.41. The molecule has 0 aliphatic carbocycles. The van der Waals surface area contributed by atoms with Crippen LogP contribution in [0.1, 0.15) is 18.1 Å². The molecule has 0 heterocycles. The lowest BCUT2D eigenvalue weighted by Gasteiger charge is -2.00. The Morgan fingerprint density at radius 3 is 1.90 bits per heavy atom. The topological polar surface area (TPSA) is 9.23 Å². The minimum absolute atomic E-state index is 0.704. The molecule has 2 aromatic rings. The molecule has 2 rings (SSSR count). The highest BCUT2D eigenvalue weighted by Crippen LogP contribution is 2.13. The maximum atomic E-state index is 5.25. The minimum Gasteiger partial charge on any atom is -0.377 e. The normalized spacial score (nSPS) is 9.80. The van der Waals surface area contributed by atoms with E-state index in [0.717, 1.165) is 20.9 Å². The zero-order chi connectivity index (χ0) is 14.8. The fourth-order valence-electron chi connectivity index (χ4n) is 1.47. The van der Waals surface area contributed by atoms with Crippen molar-refractivity contribution in [1.82, 2.24) is 0 Å². The van der Waals surface area contributed by atoms with Gasteiger partial charge in [-0.2, -0.15) is 0 Å². The summed E-state index contributed by atoms with van der Waals surface area (Å²) >= 11 is 10.2. The Labute approximate surface area is 146 Å². The summed E-state index contributed by atoms with van der Waals surface area (Å²) < 4.78 is 7.50. The molecule has 0 aliphatic heterocycles. The summed E-state index contributed by atoms with van der Waals surface area (Å²) in [6, 6.07) is 16.4. The largest absolute Gasteiger partial charge is 0.377 e. The average molecular weight is 465 g/mol. The molecule has 0 fully saturated rings. The minimum atomic E-state index is 0.704. The number of ether oxygens (including phenoxy) is 1. The monoisotopic (exact) mass is 462 g/mol. The molecule has 0 amide bonds. The van der Waals surface area contributed by atoms with Crippen LogP contribution in [0.3, 0.4) is 0 Å². The van der Waals surface area contributed by atoms with Gasteiger partial charge in [-0.15, -0.1) is 0 Å². The number of rotatable bonds is 4. The van der Waals surface area contributed by atoms with Gasteiger partial charge in [0.15, 0.2) is 0 Å². The molecule has 1 nitrogen and oxygen atoms in total. The summed E-state index contributed by atoms with van der Waals surface area (Å²) in [4.78, 5) is 0. The van der Waals surface area contributed by atoms with Gasteiger partial charge in [0.25, 0.3) is 0 Å². The first kappa shape index (κ1) is 17.9. The second kappa shape index (κ2) is 10.6. The van der Waals surface area contributed by atoms with Gasteiger partial charge < -0.3 is 4.74 Å². The molecule has 0 N–H and O–H groups in total. The molecule has 2 aromatic carbocycles. The Hall–Kier alpha value is -0.160. The number of halogens is 3. The zero-order valence-corrected chi connectivity index (χ0v) is 16.0. The van der Waals surface area contributed by atoms with Crippen LogP contribution in [0.15, 0.2) is 57.5 Å². The molecule has 108 valence electrons. The van der Waals surface area contributed by atoms with Gasteiger partial charge in [0.2, 0.25) is 0 Å². The Balaban J connectivity index is 0.000000204. The molecule has 20 heavy (non-hydrogen) atoms. The lowest BCUT2D eigenvalue weighted by Crippen LogP contribution is -1.90. The van der Waals surface area contributed by atoms with Gasteiger partial charge in [-0.25, -0.2) is 0 Å². The molecule has 0 atom stereocenters. The van der Waals surface area contributed by atoms with E-state index in [1.54, 1.807) is 0 Å². The van der Waals surface area contributed by atoms with Gasteiger partial charge in [-0.1, -0.05) is 72.1 Å². The third kappa shape index (κ3) is 7.58. The van der Waals surface area contributed by atoms with E-state index in [0.29, 0.717) is 6.61 Å². The van der Waals surface area contributed by atoms with Crippen molar-refractivity contribution in [3.63, 3.8) is 0 Å². The molecule has 0 spiro atoms. The van der Waals surface area contributed by atoms with Crippen LogP contribution in [-0.4, -0.2) is 6.61 Å². The fourth-order valence-corrected chi connectivity index (χ4v) is 2.71. The molecular weight excluding hydrogens is 448 g/mol. The van der Waals surface area contributed by atoms with Crippen LogP contribution >= 0.6 is 47.8 Å². The maximum absolute atomic E-state index is 5.25. The lowest BCUT2D eigenvalue weighted by molar-refractivity contribution is 0.134. The van der Waals surface area contributed by atoms with E-state index in [1.807, 2.05) is 31.2 Å². The van der Waals surface area contributed by atoms with Crippen molar-refractivity contribution >= 4 is 47.8 Å². The standard InChI is InChI=1S/C9H11BrO.C7H6Br2/c1-2-11-7-8-4-3-5-9(10)6-8;8-5-6-2-1-3-7(9)4-6/h3-6H,2,7H2,1H3;1-4H,5H2. The predicted octanol–water partition coefficient (Wildman–Crippen LogP) is 6.33. The molecule has 0 aromatic heterocycles. The molecular formula is C16H17Br3O. The van der Waals surface area contributed by atoms with Crippen molar-refractivity contribution in [2.24, 2.45) is 0 Å². The second-order valence-electron chi connectivity index (χ2n) is 4.03. The number of hydrogen-bond acceptors (Lipinski definition) is 1. The summed E-state index contributed by atoms with van der Waals surface area (Å²) in [5, 5.41) is 0.923. The van der Waals surface area contributed by atoms with E-state index in [9.17, 15) is 0 Å². The molecule has 0 unspecified atom stereocenters. The molecule has 0 radical (unpaired) electrons. The Morgan fingerprint density at radius 2 is 1.45 bits per heavy atom. The van der Waals surface area contributed by atoms with Crippen LogP contribution in [0, 0.1) is 0 Å². The quantitative estimate of drug-likeness (QED) is 0.480. The van der Waals surface area contributed by atoms with Crippen molar-refractivity contribution in [1.29, 1.82) is 0 Å². The van der Waals surface area contributed by atoms with Crippen LogP contribution in [0.2, 0.25) is 0 Å². The third-order valence-corrected chi connectivity index (χ3v) is 4.04. The van der Waals surface area contributed by atoms with Crippen LogP contribution in [0.5, 0.6) is 0 Å².